The van der Waals surface area contributed by atoms with Gasteiger partial charge in [-0.3, -0.25) is 14.2 Å². The van der Waals surface area contributed by atoms with Gasteiger partial charge in [-0.2, -0.15) is 0 Å². The van der Waals surface area contributed by atoms with Crippen molar-refractivity contribution in [2.45, 2.75) is 19.6 Å². The van der Waals surface area contributed by atoms with Crippen LogP contribution in [0.5, 0.6) is 5.75 Å². The summed E-state index contributed by atoms with van der Waals surface area (Å²) >= 11 is 0. The Balaban J connectivity index is 1.58. The Morgan fingerprint density at radius 3 is 2.70 bits per heavy atom. The molecule has 0 radical (unpaired) electrons. The number of nitrogens with zero attached hydrogens (tertiary/aromatic N) is 3. The summed E-state index contributed by atoms with van der Waals surface area (Å²) in [5.41, 5.74) is 1.49. The molecule has 0 aliphatic carbocycles. The highest BCUT2D eigenvalue weighted by molar-refractivity contribution is 5.95. The van der Waals surface area contributed by atoms with Crippen LogP contribution >= 0.6 is 0 Å². The summed E-state index contributed by atoms with van der Waals surface area (Å²) in [5.74, 6) is -0.998. The Morgan fingerprint density at radius 2 is 1.97 bits per heavy atom. The summed E-state index contributed by atoms with van der Waals surface area (Å²) in [5, 5.41) is 16.0. The lowest BCUT2D eigenvalue weighted by Gasteiger charge is -2.19. The molecule has 1 aliphatic rings. The SMILES string of the molecule is C=C(NCc1ccc(F)cc1C(=O)NC)c1nc2n(c(=O)c1O)CCN2Cc1ccccc1. The molecule has 0 saturated heterocycles. The van der Waals surface area contributed by atoms with Crippen molar-refractivity contribution in [2.24, 2.45) is 0 Å². The second-order valence-corrected chi connectivity index (χ2v) is 7.69. The lowest BCUT2D eigenvalue weighted by atomic mass is 10.1. The second kappa shape index (κ2) is 9.15. The molecule has 1 aliphatic heterocycles. The van der Waals surface area contributed by atoms with Gasteiger partial charge in [-0.1, -0.05) is 43.0 Å². The molecule has 1 aromatic heterocycles. The minimum atomic E-state index is -0.540. The number of fused-ring (bicyclic) bond motifs is 1. The molecule has 4 rings (SSSR count). The van der Waals surface area contributed by atoms with Crippen LogP contribution in [0.1, 0.15) is 27.2 Å². The molecule has 0 spiro atoms. The molecule has 3 aromatic rings. The monoisotopic (exact) mass is 449 g/mol. The summed E-state index contributed by atoms with van der Waals surface area (Å²) < 4.78 is 15.1. The Labute approximate surface area is 190 Å². The van der Waals surface area contributed by atoms with E-state index in [0.29, 0.717) is 31.1 Å². The molecule has 2 heterocycles. The first-order chi connectivity index (χ1) is 15.9. The van der Waals surface area contributed by atoms with Crippen LogP contribution in [0.3, 0.4) is 0 Å². The van der Waals surface area contributed by atoms with E-state index < -0.39 is 23.0 Å². The molecule has 3 N–H and O–H groups in total. The summed E-state index contributed by atoms with van der Waals surface area (Å²) in [7, 11) is 1.46. The van der Waals surface area contributed by atoms with Crippen LogP contribution in [0, 0.1) is 5.82 Å². The first-order valence-electron chi connectivity index (χ1n) is 10.5. The maximum atomic E-state index is 13.6. The van der Waals surface area contributed by atoms with Crippen LogP contribution in [0.2, 0.25) is 0 Å². The number of anilines is 1. The van der Waals surface area contributed by atoms with Gasteiger partial charge in [0.2, 0.25) is 11.7 Å². The Morgan fingerprint density at radius 1 is 1.21 bits per heavy atom. The van der Waals surface area contributed by atoms with Crippen molar-refractivity contribution in [2.75, 3.05) is 18.5 Å². The van der Waals surface area contributed by atoms with Crippen molar-refractivity contribution < 1.29 is 14.3 Å². The number of rotatable bonds is 7. The lowest BCUT2D eigenvalue weighted by molar-refractivity contribution is 0.0961. The summed E-state index contributed by atoms with van der Waals surface area (Å²) in [4.78, 5) is 31.3. The fourth-order valence-electron chi connectivity index (χ4n) is 3.80. The van der Waals surface area contributed by atoms with Crippen LogP contribution in [0.25, 0.3) is 5.70 Å². The van der Waals surface area contributed by atoms with Gasteiger partial charge in [0.25, 0.3) is 11.5 Å². The zero-order chi connectivity index (χ0) is 23.5. The van der Waals surface area contributed by atoms with Gasteiger partial charge in [0.05, 0.1) is 5.70 Å². The quantitative estimate of drug-likeness (QED) is 0.512. The highest BCUT2D eigenvalue weighted by Crippen LogP contribution is 2.25. The standard InChI is InChI=1S/C24H24FN5O3/c1-15(27-13-17-8-9-18(25)12-19(17)22(32)26-2)20-21(31)23(33)30-11-10-29(24(30)28-20)14-16-6-4-3-5-7-16/h3-9,12,27,31H,1,10-11,13-14H2,2H3,(H,26,32). The number of carbonyl (C=O) groups excluding carboxylic acids is 1. The molecule has 0 bridgehead atoms. The van der Waals surface area contributed by atoms with Crippen LogP contribution in [-0.4, -0.2) is 34.2 Å². The van der Waals surface area contributed by atoms with Crippen LogP contribution in [-0.2, 0) is 19.6 Å². The summed E-state index contributed by atoms with van der Waals surface area (Å²) in [6, 6.07) is 13.7. The average molecular weight is 449 g/mol. The van der Waals surface area contributed by atoms with Crippen molar-refractivity contribution in [1.82, 2.24) is 20.2 Å². The van der Waals surface area contributed by atoms with Crippen molar-refractivity contribution in [3.05, 3.63) is 93.7 Å². The minimum Gasteiger partial charge on any atom is -0.501 e. The van der Waals surface area contributed by atoms with Crippen molar-refractivity contribution in [1.29, 1.82) is 0 Å². The number of nitrogens with one attached hydrogen (secondary N) is 2. The van der Waals surface area contributed by atoms with Gasteiger partial charge in [0.15, 0.2) is 0 Å². The number of amides is 1. The van der Waals surface area contributed by atoms with Gasteiger partial charge in [-0.15, -0.1) is 0 Å². The molecule has 33 heavy (non-hydrogen) atoms. The van der Waals surface area contributed by atoms with Gasteiger partial charge >= 0.3 is 0 Å². The molecule has 0 atom stereocenters. The third kappa shape index (κ3) is 4.43. The molecule has 0 fully saturated rings. The van der Waals surface area contributed by atoms with Crippen LogP contribution < -0.4 is 21.1 Å². The van der Waals surface area contributed by atoms with Crippen molar-refractivity contribution in [3.63, 3.8) is 0 Å². The predicted molar refractivity (Wildman–Crippen MR) is 123 cm³/mol. The third-order valence-corrected chi connectivity index (χ3v) is 5.54. The number of aromatic hydroxyl groups is 1. The fourth-order valence-corrected chi connectivity index (χ4v) is 3.80. The maximum absolute atomic E-state index is 13.6. The number of halogens is 1. The molecule has 1 amide bonds. The highest BCUT2D eigenvalue weighted by atomic mass is 19.1. The zero-order valence-electron chi connectivity index (χ0n) is 18.1. The molecule has 2 aromatic carbocycles. The fraction of sp³-hybridized carbons (Fsp3) is 0.208. The van der Waals surface area contributed by atoms with E-state index in [9.17, 15) is 19.1 Å². The number of carbonyl (C=O) groups is 1. The number of hydrogen-bond donors (Lipinski definition) is 3. The van der Waals surface area contributed by atoms with Gasteiger partial charge in [-0.25, -0.2) is 9.37 Å². The predicted octanol–water partition coefficient (Wildman–Crippen LogP) is 2.23. The molecular weight excluding hydrogens is 425 g/mol. The van der Waals surface area contributed by atoms with Crippen molar-refractivity contribution in [3.8, 4) is 5.75 Å². The van der Waals surface area contributed by atoms with Crippen molar-refractivity contribution >= 4 is 17.6 Å². The number of aromatic nitrogens is 2. The molecule has 8 nitrogen and oxygen atoms in total. The highest BCUT2D eigenvalue weighted by Gasteiger charge is 2.26. The van der Waals surface area contributed by atoms with E-state index in [2.05, 4.69) is 22.2 Å². The zero-order valence-corrected chi connectivity index (χ0v) is 18.1. The Hall–Kier alpha value is -4.14. The van der Waals surface area contributed by atoms with Gasteiger partial charge in [0, 0.05) is 38.8 Å². The van der Waals surface area contributed by atoms with E-state index in [0.717, 1.165) is 11.6 Å². The van der Waals surface area contributed by atoms with Gasteiger partial charge in [-0.05, 0) is 23.3 Å². The Kier molecular flexibility index (Phi) is 6.12. The Bertz CT molecular complexity index is 1270. The van der Waals surface area contributed by atoms with Crippen LogP contribution in [0.4, 0.5) is 10.3 Å². The van der Waals surface area contributed by atoms with E-state index >= 15 is 0 Å². The minimum absolute atomic E-state index is 0.0369. The first-order valence-corrected chi connectivity index (χ1v) is 10.5. The third-order valence-electron chi connectivity index (χ3n) is 5.54. The van der Waals surface area contributed by atoms with E-state index in [1.807, 2.05) is 35.2 Å². The van der Waals surface area contributed by atoms with E-state index in [1.165, 1.54) is 23.7 Å². The normalized spacial score (nSPS) is 12.4. The summed E-state index contributed by atoms with van der Waals surface area (Å²) in [6.07, 6.45) is 0. The smallest absolute Gasteiger partial charge is 0.297 e. The van der Waals surface area contributed by atoms with Crippen LogP contribution in [0.15, 0.2) is 59.9 Å². The lowest BCUT2D eigenvalue weighted by Crippen LogP contribution is -2.25. The molecule has 0 unspecified atom stereocenters. The maximum Gasteiger partial charge on any atom is 0.297 e. The molecular formula is C24H24FN5O3. The number of benzene rings is 2. The first kappa shape index (κ1) is 22.1. The molecule has 170 valence electrons. The molecule has 0 saturated carbocycles. The van der Waals surface area contributed by atoms with E-state index in [4.69, 9.17) is 0 Å². The second-order valence-electron chi connectivity index (χ2n) is 7.69. The summed E-state index contributed by atoms with van der Waals surface area (Å²) in [6.45, 7) is 5.62. The average Bonchev–Trinajstić information content (AvgIpc) is 3.23. The topological polar surface area (TPSA) is 99.5 Å². The largest absolute Gasteiger partial charge is 0.501 e. The molecule has 9 heteroatoms. The van der Waals surface area contributed by atoms with Gasteiger partial charge < -0.3 is 20.6 Å². The van der Waals surface area contributed by atoms with E-state index in [-0.39, 0.29) is 23.5 Å². The number of hydrogen-bond acceptors (Lipinski definition) is 6. The van der Waals surface area contributed by atoms with Gasteiger partial charge in [0.1, 0.15) is 11.5 Å². The van der Waals surface area contributed by atoms with E-state index in [1.54, 1.807) is 0 Å².